The van der Waals surface area contributed by atoms with E-state index in [1.165, 1.54) is 25.1 Å². The topological polar surface area (TPSA) is 91.6 Å². The third kappa shape index (κ3) is 9.38. The lowest BCUT2D eigenvalue weighted by atomic mass is 9.88. The Morgan fingerprint density at radius 2 is 1.64 bits per heavy atom. The van der Waals surface area contributed by atoms with E-state index >= 15 is 4.39 Å². The van der Waals surface area contributed by atoms with E-state index in [4.69, 9.17) is 0 Å². The molecule has 7 nitrogen and oxygen atoms in total. The number of pyridine rings is 1. The lowest BCUT2D eigenvalue weighted by Crippen LogP contribution is -2.40. The van der Waals surface area contributed by atoms with Gasteiger partial charge in [-0.3, -0.25) is 14.4 Å². The van der Waals surface area contributed by atoms with Gasteiger partial charge in [-0.25, -0.2) is 8.78 Å². The van der Waals surface area contributed by atoms with Crippen LogP contribution >= 0.6 is 0 Å². The summed E-state index contributed by atoms with van der Waals surface area (Å²) in [6, 6.07) is 3.78. The number of hydrogen-bond donors (Lipinski definition) is 2. The Balaban J connectivity index is 1.86. The van der Waals surface area contributed by atoms with Gasteiger partial charge < -0.3 is 19.9 Å². The molecule has 0 unspecified atom stereocenters. The molecule has 0 saturated carbocycles. The zero-order valence-electron chi connectivity index (χ0n) is 29.1. The standard InChI is InChI=1S/C38H46F5N3O4/c1-5-45(6-2)15-14-26-22-46(33(47)20-30(26)38(41,42)43)32-13-11-9-7-8-10-12-25-18-28(39)17-23(3)35(25)27-16-24(4)36(40)29(19-27)31(21-34(48)49)44-37(32)50/h16-20,22,31-32H,5-15,21H2,1-4H3,(H,44,50)(H,48,49)/t31-,32-/m0/s1. The molecular formula is C38H46F5N3O4. The average molecular weight is 704 g/mol. The van der Waals surface area contributed by atoms with Crippen LogP contribution in [0.25, 0.3) is 11.1 Å². The zero-order valence-corrected chi connectivity index (χ0v) is 29.1. The maximum atomic E-state index is 15.9. The van der Waals surface area contributed by atoms with Gasteiger partial charge in [0, 0.05) is 24.4 Å². The van der Waals surface area contributed by atoms with Crippen molar-refractivity contribution in [2.45, 2.75) is 104 Å². The van der Waals surface area contributed by atoms with Crippen LogP contribution in [-0.4, -0.2) is 46.1 Å². The van der Waals surface area contributed by atoms with Gasteiger partial charge in [-0.2, -0.15) is 13.2 Å². The summed E-state index contributed by atoms with van der Waals surface area (Å²) in [7, 11) is 0. The fraction of sp³-hybridized carbons (Fsp3) is 0.500. The Kier molecular flexibility index (Phi) is 13.0. The summed E-state index contributed by atoms with van der Waals surface area (Å²) in [6.07, 6.45) is -0.418. The normalized spacial score (nSPS) is 17.8. The van der Waals surface area contributed by atoms with Crippen molar-refractivity contribution in [1.82, 2.24) is 14.8 Å². The van der Waals surface area contributed by atoms with Gasteiger partial charge in [-0.05, 0) is 110 Å². The molecule has 0 radical (unpaired) electrons. The van der Waals surface area contributed by atoms with Crippen molar-refractivity contribution in [1.29, 1.82) is 0 Å². The predicted octanol–water partition coefficient (Wildman–Crippen LogP) is 8.08. The van der Waals surface area contributed by atoms with E-state index in [1.807, 2.05) is 18.7 Å². The predicted molar refractivity (Wildman–Crippen MR) is 182 cm³/mol. The first-order chi connectivity index (χ1) is 23.6. The first-order valence-electron chi connectivity index (χ1n) is 17.3. The number of carboxylic acid groups (broad SMARTS) is 1. The number of carbonyl (C=O) groups excluding carboxylic acids is 1. The molecule has 12 heteroatoms. The molecule has 1 aliphatic heterocycles. The molecule has 3 aromatic rings. The minimum atomic E-state index is -4.80. The molecule has 2 heterocycles. The maximum Gasteiger partial charge on any atom is 0.416 e. The zero-order chi connectivity index (χ0) is 36.7. The van der Waals surface area contributed by atoms with E-state index in [1.54, 1.807) is 13.0 Å². The molecule has 1 aromatic heterocycles. The smallest absolute Gasteiger partial charge is 0.416 e. The van der Waals surface area contributed by atoms with Crippen molar-refractivity contribution in [3.63, 3.8) is 0 Å². The van der Waals surface area contributed by atoms with Crippen LogP contribution in [0.15, 0.2) is 41.3 Å². The summed E-state index contributed by atoms with van der Waals surface area (Å²) in [6.45, 7) is 8.59. The largest absolute Gasteiger partial charge is 0.481 e. The van der Waals surface area contributed by atoms with Crippen LogP contribution in [0, 0.1) is 25.5 Å². The SMILES string of the molecule is CCN(CC)CCc1cn([C@H]2CCCCCCCc3cc(F)cc(C)c3-c3cc(C)c(F)c(c3)[C@H](CC(=O)O)NC2=O)c(=O)cc1C(F)(F)F. The number of benzene rings is 2. The molecule has 0 fully saturated rings. The van der Waals surface area contributed by atoms with Crippen LogP contribution in [0.2, 0.25) is 0 Å². The fourth-order valence-corrected chi connectivity index (χ4v) is 7.00. The van der Waals surface area contributed by atoms with Crippen LogP contribution in [0.1, 0.15) is 104 Å². The number of nitrogens with one attached hydrogen (secondary N) is 1. The highest BCUT2D eigenvalue weighted by Crippen LogP contribution is 2.36. The van der Waals surface area contributed by atoms with Crippen molar-refractivity contribution >= 4 is 11.9 Å². The van der Waals surface area contributed by atoms with Gasteiger partial charge in [0.15, 0.2) is 0 Å². The summed E-state index contributed by atoms with van der Waals surface area (Å²) in [5, 5.41) is 12.5. The van der Waals surface area contributed by atoms with E-state index in [0.717, 1.165) is 35.6 Å². The molecule has 2 atom stereocenters. The molecule has 0 saturated heterocycles. The number of likely N-dealkylation sites (N-methyl/N-ethyl adjacent to an activating group) is 1. The van der Waals surface area contributed by atoms with Crippen LogP contribution in [0.3, 0.4) is 0 Å². The molecule has 0 aliphatic carbocycles. The van der Waals surface area contributed by atoms with Crippen molar-refractivity contribution < 1.29 is 36.6 Å². The minimum absolute atomic E-state index is 0.0190. The number of hydrogen-bond acceptors (Lipinski definition) is 4. The van der Waals surface area contributed by atoms with Crippen LogP contribution in [0.5, 0.6) is 0 Å². The van der Waals surface area contributed by atoms with Gasteiger partial charge in [-0.15, -0.1) is 0 Å². The second kappa shape index (κ2) is 16.8. The second-order valence-electron chi connectivity index (χ2n) is 13.2. The van der Waals surface area contributed by atoms with E-state index < -0.39 is 59.3 Å². The molecule has 4 rings (SSSR count). The second-order valence-corrected chi connectivity index (χ2v) is 13.2. The van der Waals surface area contributed by atoms with Crippen LogP contribution in [0.4, 0.5) is 22.0 Å². The van der Waals surface area contributed by atoms with Crippen molar-refractivity contribution in [2.75, 3.05) is 19.6 Å². The maximum absolute atomic E-state index is 15.9. The molecule has 1 amide bonds. The molecule has 50 heavy (non-hydrogen) atoms. The molecular weight excluding hydrogens is 657 g/mol. The van der Waals surface area contributed by atoms with Gasteiger partial charge >= 0.3 is 12.1 Å². The van der Waals surface area contributed by atoms with Crippen molar-refractivity contribution in [2.24, 2.45) is 0 Å². The number of aromatic nitrogens is 1. The minimum Gasteiger partial charge on any atom is -0.481 e. The number of aliphatic carboxylic acids is 1. The number of alkyl halides is 3. The molecule has 2 aromatic carbocycles. The third-order valence-electron chi connectivity index (χ3n) is 9.65. The Morgan fingerprint density at radius 3 is 2.30 bits per heavy atom. The Bertz CT molecular complexity index is 1750. The van der Waals surface area contributed by atoms with Gasteiger partial charge in [0.1, 0.15) is 17.7 Å². The van der Waals surface area contributed by atoms with E-state index in [-0.39, 0.29) is 29.5 Å². The van der Waals surface area contributed by atoms with Crippen LogP contribution < -0.4 is 10.9 Å². The lowest BCUT2D eigenvalue weighted by molar-refractivity contribution is -0.139. The number of fused-ring (bicyclic) bond motifs is 4. The van der Waals surface area contributed by atoms with Gasteiger partial charge in [0.2, 0.25) is 5.91 Å². The number of amides is 1. The van der Waals surface area contributed by atoms with Crippen molar-refractivity contribution in [3.8, 4) is 11.1 Å². The fourth-order valence-electron chi connectivity index (χ4n) is 7.00. The first kappa shape index (κ1) is 38.7. The third-order valence-corrected chi connectivity index (χ3v) is 9.65. The highest BCUT2D eigenvalue weighted by atomic mass is 19.4. The summed E-state index contributed by atoms with van der Waals surface area (Å²) in [4.78, 5) is 41.5. The number of carbonyl (C=O) groups is 2. The lowest BCUT2D eigenvalue weighted by Gasteiger charge is -2.26. The Hall–Kier alpha value is -4.06. The molecule has 2 bridgehead atoms. The average Bonchev–Trinajstić information content (AvgIpc) is 3.03. The van der Waals surface area contributed by atoms with Crippen molar-refractivity contribution in [3.05, 3.63) is 91.9 Å². The van der Waals surface area contributed by atoms with E-state index in [0.29, 0.717) is 61.7 Å². The summed E-state index contributed by atoms with van der Waals surface area (Å²) >= 11 is 0. The molecule has 0 spiro atoms. The number of rotatable bonds is 8. The highest BCUT2D eigenvalue weighted by molar-refractivity contribution is 5.82. The molecule has 2 N–H and O–H groups in total. The van der Waals surface area contributed by atoms with Gasteiger partial charge in [0.25, 0.3) is 5.56 Å². The summed E-state index contributed by atoms with van der Waals surface area (Å²) in [5.74, 6) is -3.26. The molecule has 1 aliphatic rings. The van der Waals surface area contributed by atoms with E-state index in [2.05, 4.69) is 5.32 Å². The van der Waals surface area contributed by atoms with Gasteiger partial charge in [-0.1, -0.05) is 39.5 Å². The van der Waals surface area contributed by atoms with Gasteiger partial charge in [0.05, 0.1) is 18.0 Å². The number of aryl methyl sites for hydroxylation is 3. The first-order valence-corrected chi connectivity index (χ1v) is 17.3. The Morgan fingerprint density at radius 1 is 0.960 bits per heavy atom. The highest BCUT2D eigenvalue weighted by Gasteiger charge is 2.36. The molecule has 272 valence electrons. The van der Waals surface area contributed by atoms with E-state index in [9.17, 15) is 37.1 Å². The summed E-state index contributed by atoms with van der Waals surface area (Å²) < 4.78 is 73.9. The quantitative estimate of drug-likeness (QED) is 0.232. The monoisotopic (exact) mass is 703 g/mol. The van der Waals surface area contributed by atoms with Crippen LogP contribution in [-0.2, 0) is 28.6 Å². The summed E-state index contributed by atoms with van der Waals surface area (Å²) in [5.41, 5.74) is 0.475. The number of carboxylic acids is 1. The Labute approximate surface area is 289 Å². The number of nitrogens with zero attached hydrogens (tertiary/aromatic N) is 2. The number of halogens is 5.